The Labute approximate surface area is 142 Å². The lowest BCUT2D eigenvalue weighted by atomic mass is 10.2. The van der Waals surface area contributed by atoms with Gasteiger partial charge in [-0.25, -0.2) is 0 Å². The van der Waals surface area contributed by atoms with Crippen molar-refractivity contribution in [3.63, 3.8) is 0 Å². The predicted octanol–water partition coefficient (Wildman–Crippen LogP) is 2.60. The molecule has 0 radical (unpaired) electrons. The van der Waals surface area contributed by atoms with E-state index in [1.165, 1.54) is 0 Å². The van der Waals surface area contributed by atoms with Gasteiger partial charge in [0, 0.05) is 47.6 Å². The molecule has 5 heteroatoms. The monoisotopic (exact) mass is 332 g/mol. The predicted molar refractivity (Wildman–Crippen MR) is 94.3 cm³/mol. The number of thioether (sulfide) groups is 1. The van der Waals surface area contributed by atoms with Crippen molar-refractivity contribution in [2.24, 2.45) is 0 Å². The Morgan fingerprint density at radius 1 is 0.783 bits per heavy atom. The van der Waals surface area contributed by atoms with Crippen molar-refractivity contribution in [2.75, 3.05) is 11.5 Å². The molecule has 0 aromatic carbocycles. The van der Waals surface area contributed by atoms with E-state index in [2.05, 4.69) is 0 Å². The summed E-state index contributed by atoms with van der Waals surface area (Å²) in [4.78, 5) is 0. The van der Waals surface area contributed by atoms with Crippen LogP contribution in [0.15, 0.2) is 36.7 Å². The molecule has 0 aliphatic heterocycles. The zero-order chi connectivity index (χ0) is 16.7. The lowest BCUT2D eigenvalue weighted by Gasteiger charge is -2.07. The van der Waals surface area contributed by atoms with E-state index < -0.39 is 0 Å². The van der Waals surface area contributed by atoms with Gasteiger partial charge in [0.25, 0.3) is 0 Å². The van der Waals surface area contributed by atoms with Gasteiger partial charge in [0.1, 0.15) is 0 Å². The summed E-state index contributed by atoms with van der Waals surface area (Å²) in [5.41, 5.74) is 3.74. The van der Waals surface area contributed by atoms with Crippen molar-refractivity contribution >= 4 is 11.8 Å². The van der Waals surface area contributed by atoms with E-state index in [1.807, 2.05) is 38.1 Å². The van der Waals surface area contributed by atoms with Gasteiger partial charge in [-0.15, -0.1) is 0 Å². The molecule has 0 atom stereocenters. The highest BCUT2D eigenvalue weighted by molar-refractivity contribution is 7.99. The number of aromatic nitrogens is 2. The Morgan fingerprint density at radius 3 is 1.57 bits per heavy atom. The number of nitrogens with zero attached hydrogens (tertiary/aromatic N) is 2. The second-order valence-electron chi connectivity index (χ2n) is 5.53. The van der Waals surface area contributed by atoms with Crippen molar-refractivity contribution in [1.82, 2.24) is 0 Å². The zero-order valence-electron chi connectivity index (χ0n) is 13.8. The fraction of sp³-hybridized carbons (Fsp3) is 0.444. The molecule has 2 rings (SSSR count). The quantitative estimate of drug-likeness (QED) is 0.424. The second-order valence-corrected chi connectivity index (χ2v) is 6.75. The first kappa shape index (κ1) is 17.6. The van der Waals surface area contributed by atoms with Crippen molar-refractivity contribution in [3.8, 4) is 0 Å². The zero-order valence-corrected chi connectivity index (χ0v) is 14.6. The molecule has 0 amide bonds. The minimum atomic E-state index is 0.754. The molecular weight excluding hydrogens is 308 g/mol. The molecule has 0 aliphatic rings. The van der Waals surface area contributed by atoms with Crippen LogP contribution < -0.4 is 9.46 Å². The summed E-state index contributed by atoms with van der Waals surface area (Å²) in [7, 11) is 0. The van der Waals surface area contributed by atoms with Crippen LogP contribution >= 0.6 is 11.8 Å². The van der Waals surface area contributed by atoms with Crippen LogP contribution in [0.4, 0.5) is 0 Å². The van der Waals surface area contributed by atoms with Crippen molar-refractivity contribution in [2.45, 2.75) is 39.5 Å². The van der Waals surface area contributed by atoms with E-state index in [0.29, 0.717) is 0 Å². The molecular formula is C18H24N2O2S. The molecule has 4 nitrogen and oxygen atoms in total. The normalized spacial score (nSPS) is 10.9. The van der Waals surface area contributed by atoms with Gasteiger partial charge in [-0.3, -0.25) is 0 Å². The van der Waals surface area contributed by atoms with Crippen LogP contribution in [0.25, 0.3) is 0 Å². The molecule has 0 spiro atoms. The minimum absolute atomic E-state index is 0.754. The minimum Gasteiger partial charge on any atom is -0.618 e. The summed E-state index contributed by atoms with van der Waals surface area (Å²) in [5, 5.41) is 23.7. The molecule has 0 unspecified atom stereocenters. The van der Waals surface area contributed by atoms with Gasteiger partial charge in [-0.1, -0.05) is 13.8 Å². The highest BCUT2D eigenvalue weighted by Crippen LogP contribution is 2.08. The smallest absolute Gasteiger partial charge is 0.193 e. The van der Waals surface area contributed by atoms with Crippen LogP contribution in [0.5, 0.6) is 0 Å². The Balaban J connectivity index is 1.76. The summed E-state index contributed by atoms with van der Waals surface area (Å²) in [6.45, 7) is 4.08. The third kappa shape index (κ3) is 5.13. The highest BCUT2D eigenvalue weighted by Gasteiger charge is 2.08. The number of aryl methyl sites for hydroxylation is 4. The van der Waals surface area contributed by atoms with E-state index in [-0.39, 0.29) is 0 Å². The first-order valence-electron chi connectivity index (χ1n) is 8.13. The van der Waals surface area contributed by atoms with Gasteiger partial charge in [-0.05, 0) is 25.0 Å². The van der Waals surface area contributed by atoms with Gasteiger partial charge >= 0.3 is 0 Å². The highest BCUT2D eigenvalue weighted by atomic mass is 32.2. The average Bonchev–Trinajstić information content (AvgIpc) is 2.56. The molecule has 0 fully saturated rings. The molecule has 124 valence electrons. The van der Waals surface area contributed by atoms with Crippen LogP contribution in [0.3, 0.4) is 0 Å². The third-order valence-corrected chi connectivity index (χ3v) is 4.92. The molecule has 23 heavy (non-hydrogen) atoms. The van der Waals surface area contributed by atoms with E-state index >= 15 is 0 Å². The van der Waals surface area contributed by atoms with Crippen LogP contribution in [0.2, 0.25) is 0 Å². The van der Waals surface area contributed by atoms with E-state index in [1.54, 1.807) is 24.2 Å². The molecule has 0 saturated heterocycles. The average molecular weight is 332 g/mol. The summed E-state index contributed by atoms with van der Waals surface area (Å²) in [5.74, 6) is 1.78. The number of hydrogen-bond acceptors (Lipinski definition) is 3. The Kier molecular flexibility index (Phi) is 6.71. The summed E-state index contributed by atoms with van der Waals surface area (Å²) in [6, 6.07) is 7.87. The van der Waals surface area contributed by atoms with Crippen LogP contribution in [-0.2, 0) is 25.7 Å². The van der Waals surface area contributed by atoms with E-state index in [9.17, 15) is 10.4 Å². The maximum absolute atomic E-state index is 11.9. The van der Waals surface area contributed by atoms with E-state index in [0.717, 1.165) is 69.2 Å². The van der Waals surface area contributed by atoms with Crippen LogP contribution in [0, 0.1) is 10.4 Å². The van der Waals surface area contributed by atoms with Gasteiger partial charge in [0.15, 0.2) is 23.8 Å². The molecule has 0 bridgehead atoms. The lowest BCUT2D eigenvalue weighted by Crippen LogP contribution is -2.32. The number of pyridine rings is 2. The molecule has 0 saturated carbocycles. The van der Waals surface area contributed by atoms with Gasteiger partial charge < -0.3 is 10.4 Å². The number of rotatable bonds is 8. The first-order chi connectivity index (χ1) is 11.1. The second kappa shape index (κ2) is 8.77. The summed E-state index contributed by atoms with van der Waals surface area (Å²) < 4.78 is 1.96. The van der Waals surface area contributed by atoms with Crippen LogP contribution in [0.1, 0.15) is 36.4 Å². The van der Waals surface area contributed by atoms with Gasteiger partial charge in [0.05, 0.1) is 0 Å². The van der Waals surface area contributed by atoms with Crippen molar-refractivity contribution in [1.29, 1.82) is 0 Å². The summed E-state index contributed by atoms with van der Waals surface area (Å²) >= 11 is 1.78. The Morgan fingerprint density at radius 2 is 1.22 bits per heavy atom. The fourth-order valence-corrected chi connectivity index (χ4v) is 3.28. The first-order valence-corrected chi connectivity index (χ1v) is 9.29. The third-order valence-electron chi connectivity index (χ3n) is 3.93. The molecule has 0 aliphatic carbocycles. The maximum Gasteiger partial charge on any atom is 0.193 e. The Hall–Kier alpha value is -1.75. The standard InChI is InChI=1S/C18H24N2O2S/c1-3-15-5-7-17(19(21)13-15)9-11-23-12-10-18-8-6-16(4-2)14-20(18)22/h5-8,13-14H,3-4,9-12H2,1-2H3. The van der Waals surface area contributed by atoms with Crippen molar-refractivity contribution < 1.29 is 9.46 Å². The summed E-state index contributed by atoms with van der Waals surface area (Å²) in [6.07, 6.45) is 6.59. The molecule has 0 N–H and O–H groups in total. The van der Waals surface area contributed by atoms with Gasteiger partial charge in [-0.2, -0.15) is 21.2 Å². The SMILES string of the molecule is CCc1ccc(CCSCCc2ccc(CC)c[n+]2[O-])[n+]([O-])c1. The lowest BCUT2D eigenvalue weighted by molar-refractivity contribution is -0.614. The molecule has 2 aromatic rings. The Bertz CT molecular complexity index is 591. The van der Waals surface area contributed by atoms with Gasteiger partial charge in [0.2, 0.25) is 0 Å². The maximum atomic E-state index is 11.9. The largest absolute Gasteiger partial charge is 0.618 e. The molecule has 2 aromatic heterocycles. The molecule has 2 heterocycles. The number of hydrogen-bond donors (Lipinski definition) is 0. The van der Waals surface area contributed by atoms with Crippen molar-refractivity contribution in [3.05, 3.63) is 69.6 Å². The topological polar surface area (TPSA) is 53.9 Å². The van der Waals surface area contributed by atoms with E-state index in [4.69, 9.17) is 0 Å². The fourth-order valence-electron chi connectivity index (χ4n) is 2.37. The van der Waals surface area contributed by atoms with Crippen LogP contribution in [-0.4, -0.2) is 11.5 Å².